The maximum Gasteiger partial charge on any atom is 0.265 e. The average Bonchev–Trinajstić information content (AvgIpc) is 3.07. The predicted octanol–water partition coefficient (Wildman–Crippen LogP) is 1.97. The molecule has 7 nitrogen and oxygen atoms in total. The third kappa shape index (κ3) is 4.21. The second-order valence-electron chi connectivity index (χ2n) is 5.14. The van der Waals surface area contributed by atoms with E-state index in [1.807, 2.05) is 6.92 Å². The van der Waals surface area contributed by atoms with Crippen molar-refractivity contribution in [1.29, 1.82) is 0 Å². The lowest BCUT2D eigenvalue weighted by atomic mass is 10.1. The Bertz CT molecular complexity index is 690. The van der Waals surface area contributed by atoms with Gasteiger partial charge in [-0.3, -0.25) is 4.79 Å². The van der Waals surface area contributed by atoms with Crippen LogP contribution in [-0.2, 0) is 6.42 Å². The van der Waals surface area contributed by atoms with Crippen LogP contribution in [0, 0.1) is 0 Å². The van der Waals surface area contributed by atoms with E-state index in [2.05, 4.69) is 14.9 Å². The Labute approximate surface area is 144 Å². The number of benzene rings is 1. The van der Waals surface area contributed by atoms with Crippen molar-refractivity contribution in [2.75, 3.05) is 20.8 Å². The first-order valence-corrected chi connectivity index (χ1v) is 8.37. The molecule has 1 heterocycles. The SMILES string of the molecule is CCCc1nnsc1C(=O)NCC(O)c1ccc(OC)c(OC)c1. The largest absolute Gasteiger partial charge is 0.493 e. The number of ether oxygens (including phenoxy) is 2. The molecule has 1 amide bonds. The molecule has 0 saturated carbocycles. The van der Waals surface area contributed by atoms with Gasteiger partial charge in [-0.15, -0.1) is 5.10 Å². The van der Waals surface area contributed by atoms with E-state index in [1.165, 1.54) is 7.11 Å². The van der Waals surface area contributed by atoms with Crippen LogP contribution in [-0.4, -0.2) is 41.4 Å². The Morgan fingerprint density at radius 2 is 2.08 bits per heavy atom. The first-order valence-electron chi connectivity index (χ1n) is 7.60. The Kier molecular flexibility index (Phi) is 6.51. The molecule has 0 spiro atoms. The average molecular weight is 351 g/mol. The minimum atomic E-state index is -0.857. The van der Waals surface area contributed by atoms with E-state index >= 15 is 0 Å². The number of hydrogen-bond acceptors (Lipinski definition) is 7. The summed E-state index contributed by atoms with van der Waals surface area (Å²) in [4.78, 5) is 12.7. The Morgan fingerprint density at radius 3 is 2.75 bits per heavy atom. The van der Waals surface area contributed by atoms with Gasteiger partial charge in [0, 0.05) is 6.54 Å². The van der Waals surface area contributed by atoms with E-state index in [0.29, 0.717) is 34.1 Å². The van der Waals surface area contributed by atoms with Crippen molar-refractivity contribution in [2.45, 2.75) is 25.9 Å². The number of amides is 1. The number of nitrogens with zero attached hydrogens (tertiary/aromatic N) is 2. The molecule has 0 aliphatic heterocycles. The summed E-state index contributed by atoms with van der Waals surface area (Å²) in [5.74, 6) is 0.836. The van der Waals surface area contributed by atoms with Crippen molar-refractivity contribution in [3.8, 4) is 11.5 Å². The van der Waals surface area contributed by atoms with Crippen molar-refractivity contribution in [3.63, 3.8) is 0 Å². The van der Waals surface area contributed by atoms with Crippen LogP contribution in [0.3, 0.4) is 0 Å². The highest BCUT2D eigenvalue weighted by Crippen LogP contribution is 2.29. The molecule has 1 atom stereocenters. The first kappa shape index (κ1) is 18.2. The number of rotatable bonds is 8. The van der Waals surface area contributed by atoms with Gasteiger partial charge in [0.15, 0.2) is 11.5 Å². The summed E-state index contributed by atoms with van der Waals surface area (Å²) in [5.41, 5.74) is 1.32. The predicted molar refractivity (Wildman–Crippen MR) is 90.7 cm³/mol. The summed E-state index contributed by atoms with van der Waals surface area (Å²) in [5, 5.41) is 17.0. The molecule has 24 heavy (non-hydrogen) atoms. The molecule has 0 fully saturated rings. The highest BCUT2D eigenvalue weighted by molar-refractivity contribution is 7.08. The number of hydrogen-bond donors (Lipinski definition) is 2. The molecule has 0 aliphatic carbocycles. The van der Waals surface area contributed by atoms with Gasteiger partial charge in [0.05, 0.1) is 26.0 Å². The van der Waals surface area contributed by atoms with Crippen LogP contribution < -0.4 is 14.8 Å². The lowest BCUT2D eigenvalue weighted by Crippen LogP contribution is -2.28. The third-order valence-electron chi connectivity index (χ3n) is 3.50. The van der Waals surface area contributed by atoms with Gasteiger partial charge in [-0.2, -0.15) is 0 Å². The molecule has 8 heteroatoms. The van der Waals surface area contributed by atoms with E-state index < -0.39 is 6.10 Å². The molecule has 2 aromatic rings. The number of aliphatic hydroxyl groups excluding tert-OH is 1. The minimum Gasteiger partial charge on any atom is -0.493 e. The zero-order valence-corrected chi connectivity index (χ0v) is 14.7. The highest BCUT2D eigenvalue weighted by atomic mass is 32.1. The molecular formula is C16H21N3O4S. The second-order valence-corrected chi connectivity index (χ2v) is 5.89. The summed E-state index contributed by atoms with van der Waals surface area (Å²) >= 11 is 1.06. The van der Waals surface area contributed by atoms with Crippen molar-refractivity contribution in [2.24, 2.45) is 0 Å². The van der Waals surface area contributed by atoms with Crippen LogP contribution in [0.1, 0.15) is 40.4 Å². The number of nitrogens with one attached hydrogen (secondary N) is 1. The van der Waals surface area contributed by atoms with Crippen LogP contribution in [0.4, 0.5) is 0 Å². The van der Waals surface area contributed by atoms with Gasteiger partial charge < -0.3 is 19.9 Å². The minimum absolute atomic E-state index is 0.0811. The maximum atomic E-state index is 12.2. The standard InChI is InChI=1S/C16H21N3O4S/c1-4-5-11-15(24-19-18-11)16(21)17-9-12(20)10-6-7-13(22-2)14(8-10)23-3/h6-8,12,20H,4-5,9H2,1-3H3,(H,17,21). The third-order valence-corrected chi connectivity index (χ3v) is 4.26. The fourth-order valence-corrected chi connectivity index (χ4v) is 2.85. The van der Waals surface area contributed by atoms with Crippen LogP contribution >= 0.6 is 11.5 Å². The van der Waals surface area contributed by atoms with Crippen molar-refractivity contribution in [1.82, 2.24) is 14.9 Å². The van der Waals surface area contributed by atoms with Gasteiger partial charge in [0.1, 0.15) is 4.88 Å². The van der Waals surface area contributed by atoms with Gasteiger partial charge in [0.2, 0.25) is 0 Å². The van der Waals surface area contributed by atoms with Gasteiger partial charge in [-0.25, -0.2) is 0 Å². The van der Waals surface area contributed by atoms with E-state index in [-0.39, 0.29) is 12.5 Å². The topological polar surface area (TPSA) is 93.6 Å². The summed E-state index contributed by atoms with van der Waals surface area (Å²) in [6, 6.07) is 5.13. The molecule has 0 aliphatic rings. The number of aryl methyl sites for hydroxylation is 1. The lowest BCUT2D eigenvalue weighted by molar-refractivity contribution is 0.0919. The van der Waals surface area contributed by atoms with Crippen LogP contribution in [0.5, 0.6) is 11.5 Å². The number of methoxy groups -OCH3 is 2. The Hall–Kier alpha value is -2.19. The second kappa shape index (κ2) is 8.60. The van der Waals surface area contributed by atoms with Gasteiger partial charge in [0.25, 0.3) is 5.91 Å². The summed E-state index contributed by atoms with van der Waals surface area (Å²) in [6.07, 6.45) is 0.738. The van der Waals surface area contributed by atoms with Gasteiger partial charge >= 0.3 is 0 Å². The quantitative estimate of drug-likeness (QED) is 0.755. The van der Waals surface area contributed by atoms with Gasteiger partial charge in [-0.1, -0.05) is 23.9 Å². The molecule has 1 unspecified atom stereocenters. The summed E-state index contributed by atoms with van der Waals surface area (Å²) in [6.45, 7) is 2.10. The maximum absolute atomic E-state index is 12.2. The number of aliphatic hydroxyl groups is 1. The Morgan fingerprint density at radius 1 is 1.33 bits per heavy atom. The molecule has 1 aromatic heterocycles. The molecule has 2 N–H and O–H groups in total. The number of aromatic nitrogens is 2. The van der Waals surface area contributed by atoms with Crippen molar-refractivity contribution in [3.05, 3.63) is 34.3 Å². The van der Waals surface area contributed by atoms with Crippen molar-refractivity contribution < 1.29 is 19.4 Å². The van der Waals surface area contributed by atoms with Gasteiger partial charge in [-0.05, 0) is 35.6 Å². The van der Waals surface area contributed by atoms with E-state index in [4.69, 9.17) is 9.47 Å². The van der Waals surface area contributed by atoms with Crippen molar-refractivity contribution >= 4 is 17.4 Å². The molecule has 0 bridgehead atoms. The zero-order valence-electron chi connectivity index (χ0n) is 13.9. The van der Waals surface area contributed by atoms with E-state index in [1.54, 1.807) is 25.3 Å². The molecular weight excluding hydrogens is 330 g/mol. The van der Waals surface area contributed by atoms with E-state index in [9.17, 15) is 9.90 Å². The lowest BCUT2D eigenvalue weighted by Gasteiger charge is -2.14. The fourth-order valence-electron chi connectivity index (χ4n) is 2.23. The number of carbonyl (C=O) groups is 1. The molecule has 0 saturated heterocycles. The summed E-state index contributed by atoms with van der Waals surface area (Å²) in [7, 11) is 3.08. The smallest absolute Gasteiger partial charge is 0.265 e. The zero-order chi connectivity index (χ0) is 17.5. The highest BCUT2D eigenvalue weighted by Gasteiger charge is 2.18. The molecule has 130 valence electrons. The van der Waals surface area contributed by atoms with Crippen LogP contribution in [0.2, 0.25) is 0 Å². The number of carbonyl (C=O) groups excluding carboxylic acids is 1. The van der Waals surface area contributed by atoms with Crippen LogP contribution in [0.25, 0.3) is 0 Å². The fraction of sp³-hybridized carbons (Fsp3) is 0.438. The normalized spacial score (nSPS) is 11.8. The van der Waals surface area contributed by atoms with E-state index in [0.717, 1.165) is 18.0 Å². The Balaban J connectivity index is 2.01. The molecule has 2 rings (SSSR count). The molecule has 1 aromatic carbocycles. The molecule has 0 radical (unpaired) electrons. The van der Waals surface area contributed by atoms with Crippen LogP contribution in [0.15, 0.2) is 18.2 Å². The summed E-state index contributed by atoms with van der Waals surface area (Å²) < 4.78 is 14.2. The monoisotopic (exact) mass is 351 g/mol. The first-order chi connectivity index (χ1) is 11.6.